The molecule has 0 saturated carbocycles. The lowest BCUT2D eigenvalue weighted by Crippen LogP contribution is -2.33. The van der Waals surface area contributed by atoms with Crippen LogP contribution >= 0.6 is 7.82 Å². The van der Waals surface area contributed by atoms with Crippen LogP contribution < -0.4 is 4.74 Å². The first kappa shape index (κ1) is 32.0. The molecule has 0 spiro atoms. The summed E-state index contributed by atoms with van der Waals surface area (Å²) >= 11 is 0. The van der Waals surface area contributed by atoms with Crippen molar-refractivity contribution in [3.05, 3.63) is 65.2 Å². The third kappa shape index (κ3) is 14.1. The molecule has 0 heterocycles. The van der Waals surface area contributed by atoms with Gasteiger partial charge < -0.3 is 19.4 Å². The number of phosphoric acid groups is 1. The number of phosphoric ester groups is 1. The molecule has 0 bridgehead atoms. The first-order chi connectivity index (χ1) is 18.3. The van der Waals surface area contributed by atoms with Crippen LogP contribution in [0.2, 0.25) is 0 Å². The van der Waals surface area contributed by atoms with Crippen LogP contribution in [-0.2, 0) is 33.3 Å². The van der Waals surface area contributed by atoms with Crippen LogP contribution in [0.25, 0.3) is 0 Å². The Balaban J connectivity index is 1.65. The number of rotatable bonds is 20. The lowest BCUT2D eigenvalue weighted by Gasteiger charge is -2.23. The predicted octanol–water partition coefficient (Wildman–Crippen LogP) is 6.84. The summed E-state index contributed by atoms with van der Waals surface area (Å²) in [6.45, 7) is 2.50. The molecule has 1 amide bonds. The van der Waals surface area contributed by atoms with Crippen LogP contribution in [0.3, 0.4) is 0 Å². The highest BCUT2D eigenvalue weighted by molar-refractivity contribution is 7.46. The van der Waals surface area contributed by atoms with E-state index in [1.807, 2.05) is 24.3 Å². The van der Waals surface area contributed by atoms with Gasteiger partial charge in [0.1, 0.15) is 5.75 Å². The summed E-state index contributed by atoms with van der Waals surface area (Å²) in [6, 6.07) is 16.5. The Morgan fingerprint density at radius 1 is 0.789 bits per heavy atom. The number of carbonyl (C=O) groups excluding carboxylic acids is 1. The maximum atomic E-state index is 12.9. The monoisotopic (exact) mass is 547 g/mol. The molecule has 212 valence electrons. The van der Waals surface area contributed by atoms with Gasteiger partial charge in [-0.15, -0.1) is 0 Å². The fourth-order valence-electron chi connectivity index (χ4n) is 4.44. The van der Waals surface area contributed by atoms with Crippen LogP contribution in [0.1, 0.15) is 87.8 Å². The van der Waals surface area contributed by atoms with E-state index < -0.39 is 7.82 Å². The van der Waals surface area contributed by atoms with E-state index in [0.29, 0.717) is 13.0 Å². The second-order valence-corrected chi connectivity index (χ2v) is 11.1. The molecular formula is C30H46NO6P. The molecule has 8 heteroatoms. The molecule has 0 unspecified atom stereocenters. The van der Waals surface area contributed by atoms with Gasteiger partial charge in [-0.25, -0.2) is 4.57 Å². The van der Waals surface area contributed by atoms with Gasteiger partial charge in [0.2, 0.25) is 5.91 Å². The van der Waals surface area contributed by atoms with E-state index in [0.717, 1.165) is 43.4 Å². The SMILES string of the molecule is CCCCCc1ccc(CCCCCCCCC(=O)N(CCOP(=O)(O)O)Cc2ccc(OC)cc2)cc1. The second kappa shape index (κ2) is 18.2. The fraction of sp³-hybridized carbons (Fsp3) is 0.567. The van der Waals surface area contributed by atoms with Crippen molar-refractivity contribution in [2.24, 2.45) is 0 Å². The van der Waals surface area contributed by atoms with E-state index in [4.69, 9.17) is 14.5 Å². The largest absolute Gasteiger partial charge is 0.497 e. The smallest absolute Gasteiger partial charge is 0.469 e. The summed E-state index contributed by atoms with van der Waals surface area (Å²) in [4.78, 5) is 32.4. The summed E-state index contributed by atoms with van der Waals surface area (Å²) < 4.78 is 20.8. The summed E-state index contributed by atoms with van der Waals surface area (Å²) in [5.74, 6) is 0.695. The van der Waals surface area contributed by atoms with Gasteiger partial charge in [-0.1, -0.05) is 81.8 Å². The average Bonchev–Trinajstić information content (AvgIpc) is 2.90. The van der Waals surface area contributed by atoms with Crippen LogP contribution in [0, 0.1) is 0 Å². The molecule has 0 radical (unpaired) electrons. The van der Waals surface area contributed by atoms with Crippen molar-refractivity contribution < 1.29 is 28.4 Å². The molecule has 0 aliphatic heterocycles. The van der Waals surface area contributed by atoms with Crippen molar-refractivity contribution >= 4 is 13.7 Å². The van der Waals surface area contributed by atoms with Crippen molar-refractivity contribution in [2.75, 3.05) is 20.3 Å². The molecule has 38 heavy (non-hydrogen) atoms. The summed E-state index contributed by atoms with van der Waals surface area (Å²) in [6.07, 6.45) is 13.0. The zero-order valence-corrected chi connectivity index (χ0v) is 24.0. The molecule has 0 atom stereocenters. The maximum absolute atomic E-state index is 12.9. The standard InChI is InChI=1S/C30H46NO6P/c1-3-4-9-12-26-15-17-27(18-16-26)13-10-7-5-6-8-11-14-30(32)31(23-24-37-38(33,34)35)25-28-19-21-29(36-2)22-20-28/h15-22H,3-14,23-25H2,1-2H3,(H2,33,34,35). The van der Waals surface area contributed by atoms with E-state index >= 15 is 0 Å². The number of benzene rings is 2. The summed E-state index contributed by atoms with van der Waals surface area (Å²) in [7, 11) is -2.97. The summed E-state index contributed by atoms with van der Waals surface area (Å²) in [5.41, 5.74) is 3.77. The van der Waals surface area contributed by atoms with E-state index in [2.05, 4.69) is 35.7 Å². The van der Waals surface area contributed by atoms with Gasteiger partial charge in [0.25, 0.3) is 0 Å². The highest BCUT2D eigenvalue weighted by Gasteiger charge is 2.18. The Labute approximate surface area is 228 Å². The molecule has 7 nitrogen and oxygen atoms in total. The number of methoxy groups -OCH3 is 1. The molecule has 0 aliphatic carbocycles. The highest BCUT2D eigenvalue weighted by atomic mass is 31.2. The van der Waals surface area contributed by atoms with Crippen molar-refractivity contribution in [3.8, 4) is 5.75 Å². The molecule has 0 aliphatic rings. The molecule has 0 fully saturated rings. The Morgan fingerprint density at radius 2 is 1.32 bits per heavy atom. The lowest BCUT2D eigenvalue weighted by atomic mass is 10.0. The number of amides is 1. The van der Waals surface area contributed by atoms with Gasteiger partial charge in [0, 0.05) is 19.5 Å². The number of carbonyl (C=O) groups is 1. The van der Waals surface area contributed by atoms with E-state index in [9.17, 15) is 9.36 Å². The molecule has 0 aromatic heterocycles. The van der Waals surface area contributed by atoms with Gasteiger partial charge in [0.05, 0.1) is 13.7 Å². The topological polar surface area (TPSA) is 96.3 Å². The van der Waals surface area contributed by atoms with Gasteiger partial charge in [-0.2, -0.15) is 0 Å². The van der Waals surface area contributed by atoms with Crippen LogP contribution in [0.5, 0.6) is 5.75 Å². The molecule has 2 N–H and O–H groups in total. The molecule has 2 aromatic carbocycles. The third-order valence-corrected chi connectivity index (χ3v) is 7.22. The number of nitrogens with zero attached hydrogens (tertiary/aromatic N) is 1. The van der Waals surface area contributed by atoms with E-state index in [1.165, 1.54) is 49.7 Å². The zero-order valence-electron chi connectivity index (χ0n) is 23.1. The normalized spacial score (nSPS) is 11.5. The number of hydrogen-bond donors (Lipinski definition) is 2. The van der Waals surface area contributed by atoms with Crippen LogP contribution in [0.4, 0.5) is 0 Å². The molecule has 2 rings (SSSR count). The predicted molar refractivity (Wildman–Crippen MR) is 152 cm³/mol. The van der Waals surface area contributed by atoms with Gasteiger partial charge in [-0.3, -0.25) is 9.32 Å². The summed E-state index contributed by atoms with van der Waals surface area (Å²) in [5, 5.41) is 0. The van der Waals surface area contributed by atoms with Crippen LogP contribution in [-0.4, -0.2) is 40.9 Å². The molecule has 0 saturated heterocycles. The number of unbranched alkanes of at least 4 members (excludes halogenated alkanes) is 7. The van der Waals surface area contributed by atoms with Crippen molar-refractivity contribution in [1.82, 2.24) is 4.90 Å². The van der Waals surface area contributed by atoms with Crippen LogP contribution in [0.15, 0.2) is 48.5 Å². The minimum atomic E-state index is -4.57. The first-order valence-electron chi connectivity index (χ1n) is 14.0. The Bertz CT molecular complexity index is 958. The number of hydrogen-bond acceptors (Lipinski definition) is 4. The first-order valence-corrected chi connectivity index (χ1v) is 15.5. The minimum absolute atomic E-state index is 0.0340. The Kier molecular flexibility index (Phi) is 15.3. The average molecular weight is 548 g/mol. The fourth-order valence-corrected chi connectivity index (χ4v) is 4.75. The highest BCUT2D eigenvalue weighted by Crippen LogP contribution is 2.35. The minimum Gasteiger partial charge on any atom is -0.497 e. The van der Waals surface area contributed by atoms with E-state index in [1.54, 1.807) is 12.0 Å². The van der Waals surface area contributed by atoms with Gasteiger partial charge >= 0.3 is 7.82 Å². The van der Waals surface area contributed by atoms with E-state index in [-0.39, 0.29) is 19.1 Å². The zero-order chi connectivity index (χ0) is 27.6. The maximum Gasteiger partial charge on any atom is 0.469 e. The van der Waals surface area contributed by atoms with Crippen molar-refractivity contribution in [3.63, 3.8) is 0 Å². The van der Waals surface area contributed by atoms with Gasteiger partial charge in [0.15, 0.2) is 0 Å². The molecular weight excluding hydrogens is 501 g/mol. The number of ether oxygens (including phenoxy) is 1. The number of aryl methyl sites for hydroxylation is 2. The third-order valence-electron chi connectivity index (χ3n) is 6.70. The Hall–Kier alpha value is -2.18. The lowest BCUT2D eigenvalue weighted by molar-refractivity contribution is -0.132. The second-order valence-electron chi connectivity index (χ2n) is 9.88. The quantitative estimate of drug-likeness (QED) is 0.139. The van der Waals surface area contributed by atoms with Crippen molar-refractivity contribution in [1.29, 1.82) is 0 Å². The molecule has 2 aromatic rings. The van der Waals surface area contributed by atoms with Gasteiger partial charge in [-0.05, 0) is 60.9 Å². The Morgan fingerprint density at radius 3 is 1.87 bits per heavy atom. The van der Waals surface area contributed by atoms with Crippen molar-refractivity contribution in [2.45, 2.75) is 90.5 Å².